The zero-order valence-electron chi connectivity index (χ0n) is 11.8. The van der Waals surface area contributed by atoms with Crippen molar-refractivity contribution < 1.29 is 5.11 Å². The van der Waals surface area contributed by atoms with Crippen molar-refractivity contribution in [2.24, 2.45) is 0 Å². The smallest absolute Gasteiger partial charge is 0.123 e. The van der Waals surface area contributed by atoms with Crippen LogP contribution in [0, 0.1) is 6.92 Å². The van der Waals surface area contributed by atoms with Crippen LogP contribution in [-0.4, -0.2) is 15.1 Å². The third-order valence-electron chi connectivity index (χ3n) is 4.04. The number of aromatic nitrogens is 2. The Morgan fingerprint density at radius 2 is 2.05 bits per heavy atom. The van der Waals surface area contributed by atoms with Crippen molar-refractivity contribution >= 4 is 0 Å². The first-order valence-corrected chi connectivity index (χ1v) is 7.33. The largest absolute Gasteiger partial charge is 0.382 e. The van der Waals surface area contributed by atoms with E-state index in [1.54, 1.807) is 12.4 Å². The molecular weight excluding hydrogens is 248 g/mol. The second-order valence-corrected chi connectivity index (χ2v) is 5.55. The number of fused-ring (bicyclic) bond motifs is 1. The molecule has 1 N–H and O–H groups in total. The van der Waals surface area contributed by atoms with Gasteiger partial charge < -0.3 is 5.11 Å². The molecule has 0 aliphatic heterocycles. The van der Waals surface area contributed by atoms with Crippen LogP contribution in [0.3, 0.4) is 0 Å². The summed E-state index contributed by atoms with van der Waals surface area (Å²) in [6.45, 7) is 2.03. The van der Waals surface area contributed by atoms with Crippen LogP contribution in [0.2, 0.25) is 0 Å². The minimum absolute atomic E-state index is 0.683. The van der Waals surface area contributed by atoms with Crippen molar-refractivity contribution in [1.29, 1.82) is 0 Å². The van der Waals surface area contributed by atoms with E-state index in [4.69, 9.17) is 4.98 Å². The lowest BCUT2D eigenvalue weighted by Crippen LogP contribution is -2.09. The topological polar surface area (TPSA) is 46.0 Å². The molecule has 0 saturated heterocycles. The second kappa shape index (κ2) is 5.71. The van der Waals surface area contributed by atoms with E-state index in [2.05, 4.69) is 11.1 Å². The number of pyridine rings is 2. The average molecular weight is 268 g/mol. The normalized spacial score (nSPS) is 16.3. The van der Waals surface area contributed by atoms with Gasteiger partial charge in [0.25, 0.3) is 0 Å². The van der Waals surface area contributed by atoms with Crippen molar-refractivity contribution in [3.05, 3.63) is 58.7 Å². The highest BCUT2D eigenvalue weighted by atomic mass is 16.3. The molecule has 2 aromatic rings. The van der Waals surface area contributed by atoms with Crippen LogP contribution in [-0.2, 0) is 12.8 Å². The zero-order chi connectivity index (χ0) is 13.9. The molecule has 0 saturated carbocycles. The minimum Gasteiger partial charge on any atom is -0.382 e. The van der Waals surface area contributed by atoms with Gasteiger partial charge >= 0.3 is 0 Å². The quantitative estimate of drug-likeness (QED) is 0.851. The highest BCUT2D eigenvalue weighted by molar-refractivity contribution is 5.35. The molecule has 0 amide bonds. The maximum absolute atomic E-state index is 10.5. The van der Waals surface area contributed by atoms with Crippen LogP contribution < -0.4 is 0 Å². The Morgan fingerprint density at radius 1 is 1.20 bits per heavy atom. The Morgan fingerprint density at radius 3 is 2.85 bits per heavy atom. The summed E-state index contributed by atoms with van der Waals surface area (Å²) in [7, 11) is 0. The molecule has 3 nitrogen and oxygen atoms in total. The number of aliphatic hydroxyl groups is 1. The Hall–Kier alpha value is -1.74. The summed E-state index contributed by atoms with van der Waals surface area (Å²) in [5, 5.41) is 10.5. The van der Waals surface area contributed by atoms with Gasteiger partial charge in [-0.2, -0.15) is 0 Å². The molecule has 3 rings (SSSR count). The summed E-state index contributed by atoms with van der Waals surface area (Å²) in [5.74, 6) is 0. The van der Waals surface area contributed by atoms with Gasteiger partial charge in [0.15, 0.2) is 0 Å². The molecule has 2 heterocycles. The fraction of sp³-hybridized carbons (Fsp3) is 0.412. The van der Waals surface area contributed by atoms with Crippen molar-refractivity contribution in [3.63, 3.8) is 0 Å². The molecule has 2 aromatic heterocycles. The molecule has 1 aliphatic carbocycles. The summed E-state index contributed by atoms with van der Waals surface area (Å²) >= 11 is 0. The number of hydrogen-bond acceptors (Lipinski definition) is 3. The monoisotopic (exact) mass is 268 g/mol. The molecular formula is C17H20N2O. The lowest BCUT2D eigenvalue weighted by molar-refractivity contribution is 0.213. The van der Waals surface area contributed by atoms with Gasteiger partial charge in [-0.15, -0.1) is 0 Å². The number of rotatable bonds is 2. The first-order chi connectivity index (χ1) is 9.75. The number of hydrogen-bond donors (Lipinski definition) is 1. The lowest BCUT2D eigenvalue weighted by Gasteiger charge is -2.16. The van der Waals surface area contributed by atoms with Gasteiger partial charge in [0, 0.05) is 23.7 Å². The lowest BCUT2D eigenvalue weighted by atomic mass is 9.99. The van der Waals surface area contributed by atoms with E-state index >= 15 is 0 Å². The van der Waals surface area contributed by atoms with Gasteiger partial charge in [0.2, 0.25) is 0 Å². The van der Waals surface area contributed by atoms with Crippen LogP contribution in [0.4, 0.5) is 0 Å². The summed E-state index contributed by atoms with van der Waals surface area (Å²) < 4.78 is 0. The van der Waals surface area contributed by atoms with Gasteiger partial charge in [0.05, 0.1) is 5.69 Å². The molecule has 1 unspecified atom stereocenters. The fourth-order valence-electron chi connectivity index (χ4n) is 2.91. The van der Waals surface area contributed by atoms with E-state index in [0.717, 1.165) is 29.7 Å². The zero-order valence-corrected chi connectivity index (χ0v) is 11.8. The first-order valence-electron chi connectivity index (χ1n) is 7.33. The maximum atomic E-state index is 10.5. The third-order valence-corrected chi connectivity index (χ3v) is 4.04. The third kappa shape index (κ3) is 2.59. The highest BCUT2D eigenvalue weighted by Gasteiger charge is 2.18. The van der Waals surface area contributed by atoms with Crippen molar-refractivity contribution in [1.82, 2.24) is 9.97 Å². The minimum atomic E-state index is -0.683. The van der Waals surface area contributed by atoms with Gasteiger partial charge in [-0.25, -0.2) is 0 Å². The molecule has 0 aromatic carbocycles. The molecule has 0 spiro atoms. The van der Waals surface area contributed by atoms with Crippen molar-refractivity contribution in [2.75, 3.05) is 0 Å². The molecule has 3 heteroatoms. The summed E-state index contributed by atoms with van der Waals surface area (Å²) in [4.78, 5) is 8.85. The highest BCUT2D eigenvalue weighted by Crippen LogP contribution is 2.27. The molecule has 0 radical (unpaired) electrons. The summed E-state index contributed by atoms with van der Waals surface area (Å²) in [6.07, 6.45) is 8.61. The number of aryl methyl sites for hydroxylation is 3. The van der Waals surface area contributed by atoms with Crippen LogP contribution in [0.1, 0.15) is 53.4 Å². The maximum Gasteiger partial charge on any atom is 0.123 e. The van der Waals surface area contributed by atoms with E-state index in [9.17, 15) is 5.11 Å². The van der Waals surface area contributed by atoms with E-state index in [1.165, 1.54) is 30.5 Å². The molecule has 1 aliphatic rings. The Bertz CT molecular complexity index is 595. The van der Waals surface area contributed by atoms with E-state index in [-0.39, 0.29) is 0 Å². The molecule has 0 fully saturated rings. The summed E-state index contributed by atoms with van der Waals surface area (Å²) in [6, 6.07) is 5.95. The van der Waals surface area contributed by atoms with Crippen molar-refractivity contribution in [2.45, 2.75) is 45.1 Å². The van der Waals surface area contributed by atoms with Crippen LogP contribution in [0.25, 0.3) is 0 Å². The van der Waals surface area contributed by atoms with Gasteiger partial charge in [-0.05, 0) is 49.8 Å². The Balaban J connectivity index is 1.99. The van der Waals surface area contributed by atoms with Gasteiger partial charge in [-0.3, -0.25) is 9.97 Å². The van der Waals surface area contributed by atoms with Crippen LogP contribution >= 0.6 is 0 Å². The Labute approximate surface area is 119 Å². The second-order valence-electron chi connectivity index (χ2n) is 5.55. The molecule has 104 valence electrons. The fourth-order valence-corrected chi connectivity index (χ4v) is 2.91. The molecule has 0 bridgehead atoms. The van der Waals surface area contributed by atoms with E-state index in [0.29, 0.717) is 0 Å². The van der Waals surface area contributed by atoms with Gasteiger partial charge in [0.1, 0.15) is 6.10 Å². The Kier molecular flexibility index (Phi) is 3.79. The SMILES string of the molecule is Cc1cc2c(nc1C(O)c1cccnc1)CCCCC2. The van der Waals surface area contributed by atoms with E-state index < -0.39 is 6.10 Å². The van der Waals surface area contributed by atoms with Gasteiger partial charge in [-0.1, -0.05) is 18.6 Å². The number of nitrogens with zero attached hydrogens (tertiary/aromatic N) is 2. The standard InChI is InChI=1S/C17H20N2O/c1-12-10-13-6-3-2-4-8-15(13)19-16(12)17(20)14-7-5-9-18-11-14/h5,7,9-11,17,20H,2-4,6,8H2,1H3. The first kappa shape index (κ1) is 13.3. The average Bonchev–Trinajstić information content (AvgIpc) is 2.71. The van der Waals surface area contributed by atoms with Crippen LogP contribution in [0.5, 0.6) is 0 Å². The number of aliphatic hydroxyl groups excluding tert-OH is 1. The predicted octanol–water partition coefficient (Wildman–Crippen LogP) is 3.14. The predicted molar refractivity (Wildman–Crippen MR) is 78.5 cm³/mol. The summed E-state index contributed by atoms with van der Waals surface area (Å²) in [5.41, 5.74) is 5.19. The molecule has 1 atom stereocenters. The van der Waals surface area contributed by atoms with Crippen molar-refractivity contribution in [3.8, 4) is 0 Å². The van der Waals surface area contributed by atoms with E-state index in [1.807, 2.05) is 19.1 Å². The molecule has 20 heavy (non-hydrogen) atoms. The van der Waals surface area contributed by atoms with Crippen LogP contribution in [0.15, 0.2) is 30.6 Å².